The average Bonchev–Trinajstić information content (AvgIpc) is 2.83. The van der Waals surface area contributed by atoms with E-state index in [1.54, 1.807) is 0 Å². The molecule has 8 heteroatoms. The van der Waals surface area contributed by atoms with E-state index in [4.69, 9.17) is 5.73 Å². The standard InChI is InChI=1S/C11H5F5N2S/c12-5-6(13)8(15)10(9(16)7(5)14)18-3-1-2-4(18)11(17)19/h1-3H,(H2,17,19). The maximum atomic E-state index is 13.6. The van der Waals surface area contributed by atoms with E-state index in [0.717, 1.165) is 6.20 Å². The summed E-state index contributed by atoms with van der Waals surface area (Å²) in [5.41, 5.74) is 4.14. The molecule has 100 valence electrons. The first-order chi connectivity index (χ1) is 8.86. The van der Waals surface area contributed by atoms with Crippen LogP contribution in [0.4, 0.5) is 22.0 Å². The lowest BCUT2D eigenvalue weighted by Crippen LogP contribution is -2.17. The fourth-order valence-corrected chi connectivity index (χ4v) is 1.75. The number of nitrogens with two attached hydrogens (primary N) is 1. The molecule has 0 aliphatic rings. The monoisotopic (exact) mass is 292 g/mol. The first-order valence-electron chi connectivity index (χ1n) is 4.85. The number of rotatable bonds is 2. The highest BCUT2D eigenvalue weighted by molar-refractivity contribution is 7.80. The van der Waals surface area contributed by atoms with Gasteiger partial charge in [0, 0.05) is 6.20 Å². The highest BCUT2D eigenvalue weighted by atomic mass is 32.1. The number of nitrogens with zero attached hydrogens (tertiary/aromatic N) is 1. The fraction of sp³-hybridized carbons (Fsp3) is 0. The van der Waals surface area contributed by atoms with Gasteiger partial charge in [-0.2, -0.15) is 0 Å². The van der Waals surface area contributed by atoms with Crippen LogP contribution < -0.4 is 5.73 Å². The molecule has 1 aromatic carbocycles. The van der Waals surface area contributed by atoms with Gasteiger partial charge in [0.25, 0.3) is 0 Å². The van der Waals surface area contributed by atoms with Crippen LogP contribution in [0.25, 0.3) is 5.69 Å². The molecule has 0 saturated carbocycles. The fourth-order valence-electron chi connectivity index (χ4n) is 1.58. The molecule has 0 saturated heterocycles. The predicted molar refractivity (Wildman–Crippen MR) is 61.4 cm³/mol. The Hall–Kier alpha value is -1.96. The normalized spacial score (nSPS) is 10.8. The van der Waals surface area contributed by atoms with Gasteiger partial charge in [0.2, 0.25) is 5.82 Å². The Morgan fingerprint density at radius 2 is 1.42 bits per heavy atom. The lowest BCUT2D eigenvalue weighted by atomic mass is 10.2. The lowest BCUT2D eigenvalue weighted by Gasteiger charge is -2.12. The van der Waals surface area contributed by atoms with Gasteiger partial charge in [-0.1, -0.05) is 12.2 Å². The molecule has 2 aromatic rings. The highest BCUT2D eigenvalue weighted by Gasteiger charge is 2.27. The molecular formula is C11H5F5N2S. The van der Waals surface area contributed by atoms with E-state index in [1.807, 2.05) is 0 Å². The molecule has 2 nitrogen and oxygen atoms in total. The van der Waals surface area contributed by atoms with Crippen LogP contribution in [0.15, 0.2) is 18.3 Å². The molecule has 2 N–H and O–H groups in total. The van der Waals surface area contributed by atoms with Crippen LogP contribution in [0.5, 0.6) is 0 Å². The van der Waals surface area contributed by atoms with Gasteiger partial charge in [-0.3, -0.25) is 0 Å². The summed E-state index contributed by atoms with van der Waals surface area (Å²) in [6.07, 6.45) is 1.09. The van der Waals surface area contributed by atoms with Crippen molar-refractivity contribution in [3.8, 4) is 5.69 Å². The second-order valence-corrected chi connectivity index (χ2v) is 3.99. The zero-order valence-corrected chi connectivity index (χ0v) is 9.87. The van der Waals surface area contributed by atoms with Crippen LogP contribution >= 0.6 is 12.2 Å². The molecule has 2 rings (SSSR count). The van der Waals surface area contributed by atoms with Gasteiger partial charge in [0.1, 0.15) is 10.7 Å². The first-order valence-corrected chi connectivity index (χ1v) is 5.26. The molecule has 1 aromatic heterocycles. The van der Waals surface area contributed by atoms with Crippen molar-refractivity contribution < 1.29 is 22.0 Å². The molecule has 0 fully saturated rings. The van der Waals surface area contributed by atoms with Crippen LogP contribution in [0.2, 0.25) is 0 Å². The number of hydrogen-bond acceptors (Lipinski definition) is 1. The van der Waals surface area contributed by atoms with Crippen LogP contribution in [-0.2, 0) is 0 Å². The van der Waals surface area contributed by atoms with E-state index in [1.165, 1.54) is 12.1 Å². The topological polar surface area (TPSA) is 30.9 Å². The second-order valence-electron chi connectivity index (χ2n) is 3.55. The molecule has 0 unspecified atom stereocenters. The van der Waals surface area contributed by atoms with Gasteiger partial charge in [0.15, 0.2) is 23.3 Å². The Morgan fingerprint density at radius 3 is 1.89 bits per heavy atom. The Bertz CT molecular complexity index is 651. The molecule has 19 heavy (non-hydrogen) atoms. The summed E-state index contributed by atoms with van der Waals surface area (Å²) >= 11 is 4.63. The van der Waals surface area contributed by atoms with E-state index in [0.29, 0.717) is 4.57 Å². The molecule has 0 spiro atoms. The van der Waals surface area contributed by atoms with E-state index in [-0.39, 0.29) is 10.7 Å². The number of halogens is 5. The number of thiocarbonyl (C=S) groups is 1. The summed E-state index contributed by atoms with van der Waals surface area (Å²) < 4.78 is 67.0. The average molecular weight is 292 g/mol. The van der Waals surface area contributed by atoms with Crippen molar-refractivity contribution in [1.29, 1.82) is 0 Å². The summed E-state index contributed by atoms with van der Waals surface area (Å²) in [6.45, 7) is 0. The molecule has 0 bridgehead atoms. The molecule has 0 atom stereocenters. The quantitative estimate of drug-likeness (QED) is 0.399. The molecule has 0 aliphatic heterocycles. The van der Waals surface area contributed by atoms with Crippen LogP contribution in [0, 0.1) is 29.1 Å². The summed E-state index contributed by atoms with van der Waals surface area (Å²) in [7, 11) is 0. The second kappa shape index (κ2) is 4.61. The van der Waals surface area contributed by atoms with Gasteiger partial charge in [0.05, 0.1) is 5.69 Å². The SMILES string of the molecule is NC(=S)c1cccn1-c1c(F)c(F)c(F)c(F)c1F. The van der Waals surface area contributed by atoms with Crippen molar-refractivity contribution in [2.24, 2.45) is 5.73 Å². The van der Waals surface area contributed by atoms with Crippen molar-refractivity contribution in [1.82, 2.24) is 4.57 Å². The van der Waals surface area contributed by atoms with E-state index < -0.39 is 34.8 Å². The van der Waals surface area contributed by atoms with Crippen molar-refractivity contribution in [3.63, 3.8) is 0 Å². The smallest absolute Gasteiger partial charge is 0.200 e. The van der Waals surface area contributed by atoms with Crippen molar-refractivity contribution in [2.75, 3.05) is 0 Å². The minimum Gasteiger partial charge on any atom is -0.388 e. The van der Waals surface area contributed by atoms with Gasteiger partial charge in [-0.25, -0.2) is 22.0 Å². The Morgan fingerprint density at radius 1 is 0.947 bits per heavy atom. The van der Waals surface area contributed by atoms with Crippen LogP contribution in [0.1, 0.15) is 5.69 Å². The predicted octanol–water partition coefficient (Wildman–Crippen LogP) is 2.81. The maximum absolute atomic E-state index is 13.6. The first kappa shape index (κ1) is 13.5. The number of benzene rings is 1. The maximum Gasteiger partial charge on any atom is 0.200 e. The zero-order chi connectivity index (χ0) is 14.3. The summed E-state index contributed by atoms with van der Waals surface area (Å²) in [5, 5.41) is 0. The number of hydrogen-bond donors (Lipinski definition) is 1. The van der Waals surface area contributed by atoms with Gasteiger partial charge < -0.3 is 10.3 Å². The Kier molecular flexibility index (Phi) is 3.27. The minimum absolute atomic E-state index is 0.0433. The van der Waals surface area contributed by atoms with Crippen molar-refractivity contribution >= 4 is 17.2 Å². The summed E-state index contributed by atoms with van der Waals surface area (Å²) in [4.78, 5) is -0.242. The third-order valence-electron chi connectivity index (χ3n) is 2.43. The largest absolute Gasteiger partial charge is 0.388 e. The van der Waals surface area contributed by atoms with E-state index >= 15 is 0 Å². The molecule has 0 radical (unpaired) electrons. The molecular weight excluding hydrogens is 287 g/mol. The van der Waals surface area contributed by atoms with E-state index in [2.05, 4.69) is 12.2 Å². The van der Waals surface area contributed by atoms with Crippen LogP contribution in [-0.4, -0.2) is 9.56 Å². The zero-order valence-electron chi connectivity index (χ0n) is 9.05. The molecule has 1 heterocycles. The van der Waals surface area contributed by atoms with E-state index in [9.17, 15) is 22.0 Å². The third-order valence-corrected chi connectivity index (χ3v) is 2.64. The Balaban J connectivity index is 2.83. The molecule has 0 amide bonds. The van der Waals surface area contributed by atoms with Gasteiger partial charge in [-0.05, 0) is 12.1 Å². The summed E-state index contributed by atoms with van der Waals surface area (Å²) in [6, 6.07) is 2.60. The Labute approximate surface area is 109 Å². The minimum atomic E-state index is -2.22. The third kappa shape index (κ3) is 1.97. The van der Waals surface area contributed by atoms with Crippen molar-refractivity contribution in [2.45, 2.75) is 0 Å². The number of aromatic nitrogens is 1. The van der Waals surface area contributed by atoms with Crippen molar-refractivity contribution in [3.05, 3.63) is 53.1 Å². The lowest BCUT2D eigenvalue weighted by molar-refractivity contribution is 0.375. The highest BCUT2D eigenvalue weighted by Crippen LogP contribution is 2.27. The summed E-state index contributed by atoms with van der Waals surface area (Å²) in [5.74, 6) is -10.2. The van der Waals surface area contributed by atoms with Gasteiger partial charge in [-0.15, -0.1) is 0 Å². The van der Waals surface area contributed by atoms with Crippen LogP contribution in [0.3, 0.4) is 0 Å². The van der Waals surface area contributed by atoms with Gasteiger partial charge >= 0.3 is 0 Å². The molecule has 0 aliphatic carbocycles.